The number of hydrogen-bond acceptors (Lipinski definition) is 4. The van der Waals surface area contributed by atoms with Crippen molar-refractivity contribution in [3.8, 4) is 11.4 Å². The summed E-state index contributed by atoms with van der Waals surface area (Å²) >= 11 is 18.0. The van der Waals surface area contributed by atoms with Crippen molar-refractivity contribution in [1.82, 2.24) is 20.4 Å². The van der Waals surface area contributed by atoms with E-state index in [1.807, 2.05) is 43.3 Å². The van der Waals surface area contributed by atoms with E-state index in [9.17, 15) is 0 Å². The molecule has 1 aliphatic heterocycles. The molecule has 1 unspecified atom stereocenters. The van der Waals surface area contributed by atoms with Gasteiger partial charge in [-0.05, 0) is 73.4 Å². The van der Waals surface area contributed by atoms with Crippen LogP contribution in [0.3, 0.4) is 0 Å². The number of nitrogens with one attached hydrogen (secondary N) is 1. The number of thiocarbonyl (C=S) groups is 1. The minimum Gasteiger partial charge on any atom is -0.351 e. The Morgan fingerprint density at radius 2 is 1.88 bits per heavy atom. The van der Waals surface area contributed by atoms with Gasteiger partial charge in [0.25, 0.3) is 5.89 Å². The van der Waals surface area contributed by atoms with Gasteiger partial charge in [0.1, 0.15) is 0 Å². The molecule has 32 heavy (non-hydrogen) atoms. The van der Waals surface area contributed by atoms with E-state index in [2.05, 4.69) is 29.2 Å². The van der Waals surface area contributed by atoms with Gasteiger partial charge in [-0.25, -0.2) is 0 Å². The normalized spacial score (nSPS) is 16.6. The van der Waals surface area contributed by atoms with Crippen LogP contribution >= 0.6 is 35.4 Å². The van der Waals surface area contributed by atoms with Gasteiger partial charge in [-0.1, -0.05) is 54.3 Å². The van der Waals surface area contributed by atoms with E-state index in [1.165, 1.54) is 0 Å². The summed E-state index contributed by atoms with van der Waals surface area (Å²) in [5.74, 6) is 1.50. The summed E-state index contributed by atoms with van der Waals surface area (Å²) in [6, 6.07) is 14.8. The standard InChI is InChI=1S/C24H24Cl2N4OS/c1-14(2)11-12-30-15(3)20(21(27-24(30)32)17-5-4-6-19(26)13-17)23-28-22(29-31-23)16-7-9-18(25)10-8-16/h4-10,13-14,21H,11-12H2,1-3H3,(H,27,32). The zero-order valence-corrected chi connectivity index (χ0v) is 20.4. The molecule has 1 N–H and O–H groups in total. The van der Waals surface area contributed by atoms with Crippen molar-refractivity contribution in [2.24, 2.45) is 5.92 Å². The van der Waals surface area contributed by atoms with Crippen molar-refractivity contribution in [1.29, 1.82) is 0 Å². The van der Waals surface area contributed by atoms with Crippen molar-refractivity contribution in [3.63, 3.8) is 0 Å². The molecule has 1 aromatic heterocycles. The average molecular weight is 487 g/mol. The number of aromatic nitrogens is 2. The summed E-state index contributed by atoms with van der Waals surface area (Å²) in [5, 5.41) is 9.67. The van der Waals surface area contributed by atoms with Gasteiger partial charge in [-0.15, -0.1) is 0 Å². The van der Waals surface area contributed by atoms with Crippen molar-refractivity contribution in [3.05, 3.63) is 75.7 Å². The second-order valence-corrected chi connectivity index (χ2v) is 9.46. The second kappa shape index (κ2) is 9.61. The summed E-state index contributed by atoms with van der Waals surface area (Å²) in [5.41, 5.74) is 3.69. The van der Waals surface area contributed by atoms with Crippen LogP contribution in [0.1, 0.15) is 44.7 Å². The highest BCUT2D eigenvalue weighted by Crippen LogP contribution is 2.38. The Kier molecular flexibility index (Phi) is 6.84. The summed E-state index contributed by atoms with van der Waals surface area (Å²) < 4.78 is 5.76. The molecular weight excluding hydrogens is 463 g/mol. The molecule has 166 valence electrons. The van der Waals surface area contributed by atoms with Gasteiger partial charge < -0.3 is 14.7 Å². The molecule has 0 saturated carbocycles. The number of nitrogens with zero attached hydrogens (tertiary/aromatic N) is 3. The first kappa shape index (κ1) is 22.8. The van der Waals surface area contributed by atoms with Crippen LogP contribution in [0.5, 0.6) is 0 Å². The fourth-order valence-corrected chi connectivity index (χ4v) is 4.37. The van der Waals surface area contributed by atoms with Gasteiger partial charge in [0.15, 0.2) is 5.11 Å². The molecule has 1 atom stereocenters. The predicted molar refractivity (Wildman–Crippen MR) is 133 cm³/mol. The summed E-state index contributed by atoms with van der Waals surface area (Å²) in [4.78, 5) is 6.82. The van der Waals surface area contributed by atoms with Crippen LogP contribution in [0, 0.1) is 5.92 Å². The highest BCUT2D eigenvalue weighted by Gasteiger charge is 2.34. The minimum atomic E-state index is -0.255. The van der Waals surface area contributed by atoms with Crippen molar-refractivity contribution >= 4 is 46.1 Å². The van der Waals surface area contributed by atoms with E-state index in [0.717, 1.165) is 35.4 Å². The van der Waals surface area contributed by atoms with E-state index < -0.39 is 0 Å². The molecule has 3 aromatic rings. The van der Waals surface area contributed by atoms with E-state index >= 15 is 0 Å². The van der Waals surface area contributed by atoms with Gasteiger partial charge in [0, 0.05) is 27.9 Å². The number of hydrogen-bond donors (Lipinski definition) is 1. The highest BCUT2D eigenvalue weighted by molar-refractivity contribution is 7.80. The first-order valence-corrected chi connectivity index (χ1v) is 11.6. The summed E-state index contributed by atoms with van der Waals surface area (Å²) in [7, 11) is 0. The van der Waals surface area contributed by atoms with Crippen LogP contribution in [-0.2, 0) is 0 Å². The van der Waals surface area contributed by atoms with Gasteiger partial charge >= 0.3 is 0 Å². The van der Waals surface area contributed by atoms with Gasteiger partial charge in [-0.2, -0.15) is 4.98 Å². The van der Waals surface area contributed by atoms with E-state index in [-0.39, 0.29) is 6.04 Å². The number of rotatable bonds is 6. The Balaban J connectivity index is 1.79. The Hall–Kier alpha value is -2.41. The fourth-order valence-electron chi connectivity index (χ4n) is 3.70. The maximum absolute atomic E-state index is 6.29. The first-order chi connectivity index (χ1) is 15.3. The molecular formula is C24H24Cl2N4OS. The molecule has 2 heterocycles. The lowest BCUT2D eigenvalue weighted by molar-refractivity contribution is 0.390. The van der Waals surface area contributed by atoms with E-state index in [4.69, 9.17) is 44.9 Å². The largest absolute Gasteiger partial charge is 0.351 e. The van der Waals surface area contributed by atoms with Crippen LogP contribution in [-0.4, -0.2) is 26.7 Å². The predicted octanol–water partition coefficient (Wildman–Crippen LogP) is 6.75. The Morgan fingerprint density at radius 1 is 1.12 bits per heavy atom. The number of halogens is 2. The van der Waals surface area contributed by atoms with E-state index in [0.29, 0.717) is 32.8 Å². The molecule has 0 spiro atoms. The molecule has 0 bridgehead atoms. The first-order valence-electron chi connectivity index (χ1n) is 10.5. The second-order valence-electron chi connectivity index (χ2n) is 8.20. The topological polar surface area (TPSA) is 54.2 Å². The average Bonchev–Trinajstić information content (AvgIpc) is 3.23. The molecule has 2 aromatic carbocycles. The summed E-state index contributed by atoms with van der Waals surface area (Å²) in [6.45, 7) is 7.25. The molecule has 0 aliphatic carbocycles. The number of benzene rings is 2. The number of allylic oxidation sites excluding steroid dienone is 1. The lowest BCUT2D eigenvalue weighted by Crippen LogP contribution is -2.46. The molecule has 4 rings (SSSR count). The minimum absolute atomic E-state index is 0.255. The Labute approximate surface area is 203 Å². The fraction of sp³-hybridized carbons (Fsp3) is 0.292. The monoisotopic (exact) mass is 486 g/mol. The van der Waals surface area contributed by atoms with Crippen LogP contribution < -0.4 is 5.32 Å². The third-order valence-corrected chi connectivity index (χ3v) is 6.29. The van der Waals surface area contributed by atoms with Crippen molar-refractivity contribution in [2.45, 2.75) is 33.2 Å². The lowest BCUT2D eigenvalue weighted by atomic mass is 9.94. The van der Waals surface area contributed by atoms with Gasteiger partial charge in [-0.3, -0.25) is 0 Å². The molecule has 0 fully saturated rings. The van der Waals surface area contributed by atoms with Crippen molar-refractivity contribution in [2.75, 3.05) is 6.54 Å². The SMILES string of the molecule is CC1=C(c2nc(-c3ccc(Cl)cc3)no2)C(c2cccc(Cl)c2)NC(=S)N1CCC(C)C. The Bertz CT molecular complexity index is 1160. The maximum Gasteiger partial charge on any atom is 0.258 e. The molecule has 1 aliphatic rings. The third kappa shape index (κ3) is 4.82. The van der Waals surface area contributed by atoms with Gasteiger partial charge in [0.2, 0.25) is 5.82 Å². The third-order valence-electron chi connectivity index (χ3n) is 5.47. The summed E-state index contributed by atoms with van der Waals surface area (Å²) in [6.07, 6.45) is 1.01. The molecule has 0 amide bonds. The maximum atomic E-state index is 6.29. The van der Waals surface area contributed by atoms with Crippen LogP contribution in [0.25, 0.3) is 17.0 Å². The van der Waals surface area contributed by atoms with E-state index in [1.54, 1.807) is 12.1 Å². The smallest absolute Gasteiger partial charge is 0.258 e. The van der Waals surface area contributed by atoms with Crippen LogP contribution in [0.2, 0.25) is 10.0 Å². The lowest BCUT2D eigenvalue weighted by Gasteiger charge is -2.37. The van der Waals surface area contributed by atoms with Crippen LogP contribution in [0.4, 0.5) is 0 Å². The molecule has 0 radical (unpaired) electrons. The molecule has 0 saturated heterocycles. The highest BCUT2D eigenvalue weighted by atomic mass is 35.5. The van der Waals surface area contributed by atoms with Crippen molar-refractivity contribution < 1.29 is 4.52 Å². The van der Waals surface area contributed by atoms with Crippen LogP contribution in [0.15, 0.2) is 58.8 Å². The molecule has 8 heteroatoms. The van der Waals surface area contributed by atoms with Gasteiger partial charge in [0.05, 0.1) is 11.6 Å². The quantitative estimate of drug-likeness (QED) is 0.388. The Morgan fingerprint density at radius 3 is 2.56 bits per heavy atom. The zero-order chi connectivity index (χ0) is 22.8. The zero-order valence-electron chi connectivity index (χ0n) is 18.1. The molecule has 5 nitrogen and oxygen atoms in total.